The predicted molar refractivity (Wildman–Crippen MR) is 88.9 cm³/mol. The lowest BCUT2D eigenvalue weighted by atomic mass is 10.2. The molecule has 0 aliphatic carbocycles. The average Bonchev–Trinajstić information content (AvgIpc) is 2.94. The van der Waals surface area contributed by atoms with Crippen LogP contribution in [0.1, 0.15) is 0 Å². The fourth-order valence-electron chi connectivity index (χ4n) is 2.13. The molecule has 0 aliphatic heterocycles. The molecule has 0 aliphatic rings. The van der Waals surface area contributed by atoms with Crippen LogP contribution in [-0.4, -0.2) is 24.2 Å². The molecule has 3 rings (SSSR count). The highest BCUT2D eigenvalue weighted by molar-refractivity contribution is 6.41. The van der Waals surface area contributed by atoms with Crippen LogP contribution in [0.25, 0.3) is 11.0 Å². The Bertz CT molecular complexity index is 772. The zero-order valence-corrected chi connectivity index (χ0v) is 13.4. The van der Waals surface area contributed by atoms with Crippen LogP contribution in [0.5, 0.6) is 11.5 Å². The first-order valence-corrected chi connectivity index (χ1v) is 7.21. The second-order valence-corrected chi connectivity index (χ2v) is 5.27. The van der Waals surface area contributed by atoms with Crippen LogP contribution < -0.4 is 14.8 Å². The zero-order valence-electron chi connectivity index (χ0n) is 11.9. The monoisotopic (exact) mass is 337 g/mol. The van der Waals surface area contributed by atoms with Crippen LogP contribution in [0.4, 0.5) is 11.6 Å². The number of ether oxygens (including phenoxy) is 2. The van der Waals surface area contributed by atoms with Crippen molar-refractivity contribution >= 4 is 45.9 Å². The summed E-state index contributed by atoms with van der Waals surface area (Å²) in [5, 5.41) is 3.80. The largest absolute Gasteiger partial charge is 0.495 e. The van der Waals surface area contributed by atoms with Crippen LogP contribution in [-0.2, 0) is 0 Å². The topological polar surface area (TPSA) is 59.2 Å². The summed E-state index contributed by atoms with van der Waals surface area (Å²) in [6, 6.07) is 9.32. The Morgan fingerprint density at radius 2 is 1.68 bits per heavy atom. The van der Waals surface area contributed by atoms with Crippen molar-refractivity contribution in [3.8, 4) is 11.5 Å². The number of H-pyrrole nitrogens is 1. The van der Waals surface area contributed by atoms with E-state index in [1.165, 1.54) is 14.2 Å². The summed E-state index contributed by atoms with van der Waals surface area (Å²) in [6.45, 7) is 0. The maximum atomic E-state index is 6.32. The molecule has 0 radical (unpaired) electrons. The number of methoxy groups -OCH3 is 2. The minimum Gasteiger partial charge on any atom is -0.495 e. The molecule has 5 nitrogen and oxygen atoms in total. The third kappa shape index (κ3) is 2.53. The van der Waals surface area contributed by atoms with Crippen molar-refractivity contribution in [3.63, 3.8) is 0 Å². The van der Waals surface area contributed by atoms with Crippen molar-refractivity contribution in [1.29, 1.82) is 0 Å². The third-order valence-corrected chi connectivity index (χ3v) is 3.96. The lowest BCUT2D eigenvalue weighted by Gasteiger charge is -2.14. The van der Waals surface area contributed by atoms with E-state index in [1.807, 2.05) is 24.3 Å². The number of aromatic amines is 1. The van der Waals surface area contributed by atoms with Gasteiger partial charge < -0.3 is 19.8 Å². The number of halogens is 2. The summed E-state index contributed by atoms with van der Waals surface area (Å²) in [7, 11) is 3.05. The Balaban J connectivity index is 2.07. The van der Waals surface area contributed by atoms with Gasteiger partial charge in [0, 0.05) is 6.07 Å². The number of nitrogens with zero attached hydrogens (tertiary/aromatic N) is 1. The molecule has 0 saturated heterocycles. The van der Waals surface area contributed by atoms with Crippen molar-refractivity contribution in [2.24, 2.45) is 0 Å². The van der Waals surface area contributed by atoms with Crippen molar-refractivity contribution in [2.75, 3.05) is 19.5 Å². The smallest absolute Gasteiger partial charge is 0.205 e. The summed E-state index contributed by atoms with van der Waals surface area (Å²) in [6.07, 6.45) is 0. The van der Waals surface area contributed by atoms with Crippen molar-refractivity contribution in [2.45, 2.75) is 0 Å². The number of para-hydroxylation sites is 2. The molecule has 2 N–H and O–H groups in total. The molecule has 1 heterocycles. The van der Waals surface area contributed by atoms with Crippen molar-refractivity contribution in [1.82, 2.24) is 9.97 Å². The van der Waals surface area contributed by atoms with E-state index in [-0.39, 0.29) is 0 Å². The second kappa shape index (κ2) is 5.94. The molecule has 0 unspecified atom stereocenters. The van der Waals surface area contributed by atoms with Crippen LogP contribution in [0.3, 0.4) is 0 Å². The van der Waals surface area contributed by atoms with Gasteiger partial charge in [-0.25, -0.2) is 4.98 Å². The minimum atomic E-state index is 0.355. The molecular formula is C15H13Cl2N3O2. The highest BCUT2D eigenvalue weighted by atomic mass is 35.5. The molecule has 0 bridgehead atoms. The highest BCUT2D eigenvalue weighted by Gasteiger charge is 2.18. The average molecular weight is 338 g/mol. The van der Waals surface area contributed by atoms with Gasteiger partial charge in [0.1, 0.15) is 21.5 Å². The van der Waals surface area contributed by atoms with Gasteiger partial charge in [-0.3, -0.25) is 0 Å². The number of aromatic nitrogens is 2. The Morgan fingerprint density at radius 1 is 1.05 bits per heavy atom. The second-order valence-electron chi connectivity index (χ2n) is 4.51. The number of imidazole rings is 1. The third-order valence-electron chi connectivity index (χ3n) is 3.21. The summed E-state index contributed by atoms with van der Waals surface area (Å²) < 4.78 is 10.5. The number of hydrogen-bond acceptors (Lipinski definition) is 4. The van der Waals surface area contributed by atoms with E-state index in [2.05, 4.69) is 15.3 Å². The lowest BCUT2D eigenvalue weighted by Crippen LogP contribution is -1.98. The molecule has 0 atom stereocenters. The standard InChI is InChI=1S/C15H13Cl2N3O2/c1-21-10-7-11(22-2)13(17)14(12(10)16)20-15-18-8-5-3-4-6-9(8)19-15/h3-7H,1-2H3,(H2,18,19,20). The first kappa shape index (κ1) is 14.8. The van der Waals surface area contributed by atoms with E-state index in [9.17, 15) is 0 Å². The SMILES string of the molecule is COc1cc(OC)c(Cl)c(Nc2nc3ccccc3[nH]2)c1Cl. The number of anilines is 2. The number of benzene rings is 2. The fourth-order valence-corrected chi connectivity index (χ4v) is 2.72. The van der Waals surface area contributed by atoms with E-state index in [1.54, 1.807) is 6.07 Å². The zero-order chi connectivity index (χ0) is 15.7. The van der Waals surface area contributed by atoms with Crippen LogP contribution in [0.15, 0.2) is 30.3 Å². The van der Waals surface area contributed by atoms with Gasteiger partial charge >= 0.3 is 0 Å². The summed E-state index contributed by atoms with van der Waals surface area (Å²) in [5.74, 6) is 1.45. The summed E-state index contributed by atoms with van der Waals surface area (Å²) in [4.78, 5) is 7.59. The highest BCUT2D eigenvalue weighted by Crippen LogP contribution is 2.44. The fraction of sp³-hybridized carbons (Fsp3) is 0.133. The molecule has 0 spiro atoms. The number of nitrogens with one attached hydrogen (secondary N) is 2. The Kier molecular flexibility index (Phi) is 4.00. The van der Waals surface area contributed by atoms with Crippen molar-refractivity contribution < 1.29 is 9.47 Å². The number of fused-ring (bicyclic) bond motifs is 1. The molecule has 0 saturated carbocycles. The number of hydrogen-bond donors (Lipinski definition) is 2. The van der Waals surface area contributed by atoms with Crippen LogP contribution in [0.2, 0.25) is 10.0 Å². The first-order valence-electron chi connectivity index (χ1n) is 6.45. The normalized spacial score (nSPS) is 10.7. The maximum Gasteiger partial charge on any atom is 0.205 e. The van der Waals surface area contributed by atoms with Crippen molar-refractivity contribution in [3.05, 3.63) is 40.4 Å². The van der Waals surface area contributed by atoms with Gasteiger partial charge in [-0.2, -0.15) is 0 Å². The summed E-state index contributed by atoms with van der Waals surface area (Å²) >= 11 is 12.6. The van der Waals surface area contributed by atoms with Gasteiger partial charge in [0.25, 0.3) is 0 Å². The van der Waals surface area contributed by atoms with E-state index in [4.69, 9.17) is 32.7 Å². The maximum absolute atomic E-state index is 6.32. The Labute approximate surface area is 137 Å². The quantitative estimate of drug-likeness (QED) is 0.728. The lowest BCUT2D eigenvalue weighted by molar-refractivity contribution is 0.395. The van der Waals surface area contributed by atoms with Crippen LogP contribution in [0, 0.1) is 0 Å². The molecule has 7 heteroatoms. The first-order chi connectivity index (χ1) is 10.6. The Hall–Kier alpha value is -2.11. The molecule has 0 amide bonds. The molecule has 114 valence electrons. The molecule has 3 aromatic rings. The van der Waals surface area contributed by atoms with Gasteiger partial charge in [0.15, 0.2) is 0 Å². The molecular weight excluding hydrogens is 325 g/mol. The van der Waals surface area contributed by atoms with E-state index >= 15 is 0 Å². The van der Waals surface area contributed by atoms with E-state index in [0.29, 0.717) is 33.2 Å². The van der Waals surface area contributed by atoms with Gasteiger partial charge in [0.2, 0.25) is 5.95 Å². The van der Waals surface area contributed by atoms with Crippen LogP contribution >= 0.6 is 23.2 Å². The molecule has 2 aromatic carbocycles. The predicted octanol–water partition coefficient (Wildman–Crippen LogP) is 4.63. The van der Waals surface area contributed by atoms with Gasteiger partial charge in [-0.1, -0.05) is 35.3 Å². The van der Waals surface area contributed by atoms with Gasteiger partial charge in [-0.05, 0) is 12.1 Å². The number of rotatable bonds is 4. The van der Waals surface area contributed by atoms with E-state index < -0.39 is 0 Å². The van der Waals surface area contributed by atoms with Gasteiger partial charge in [-0.15, -0.1) is 0 Å². The molecule has 0 fully saturated rings. The van der Waals surface area contributed by atoms with Gasteiger partial charge in [0.05, 0.1) is 30.9 Å². The molecule has 22 heavy (non-hydrogen) atoms. The Morgan fingerprint density at radius 3 is 2.27 bits per heavy atom. The molecule has 1 aromatic heterocycles. The summed E-state index contributed by atoms with van der Waals surface area (Å²) in [5.41, 5.74) is 2.22. The van der Waals surface area contributed by atoms with E-state index in [0.717, 1.165) is 11.0 Å². The minimum absolute atomic E-state index is 0.355.